The van der Waals surface area contributed by atoms with Crippen molar-refractivity contribution < 1.29 is 4.79 Å². The van der Waals surface area contributed by atoms with Crippen LogP contribution in [0.25, 0.3) is 0 Å². The van der Waals surface area contributed by atoms with Crippen LogP contribution in [-0.4, -0.2) is 16.5 Å². The van der Waals surface area contributed by atoms with Crippen LogP contribution in [0, 0.1) is 5.41 Å². The smallest absolute Gasteiger partial charge is 0.264 e. The second-order valence-corrected chi connectivity index (χ2v) is 6.18. The van der Waals surface area contributed by atoms with Gasteiger partial charge in [0.15, 0.2) is 0 Å². The maximum atomic E-state index is 11.9. The Hall–Kier alpha value is -0.850. The zero-order chi connectivity index (χ0) is 14.1. The van der Waals surface area contributed by atoms with Gasteiger partial charge in [0.25, 0.3) is 5.56 Å². The van der Waals surface area contributed by atoms with Crippen LogP contribution in [0.2, 0.25) is 0 Å². The number of nitrogens with two attached hydrogens (primary N) is 1. The van der Waals surface area contributed by atoms with Gasteiger partial charge in [-0.15, -0.1) is 12.4 Å². The number of pyridine rings is 1. The Bertz CT molecular complexity index is 496. The standard InChI is InChI=1S/C12H18BrN3O2.ClH/c1-12(2,3)9(14)10(17)15-7-5-8(13)11(18)16(4)6-7;/h5-6,9H,14H2,1-4H3,(H,15,17);1H/t9-;/m1./s1. The molecule has 3 N–H and O–H groups in total. The fraction of sp³-hybridized carbons (Fsp3) is 0.500. The molecule has 0 saturated heterocycles. The summed E-state index contributed by atoms with van der Waals surface area (Å²) < 4.78 is 1.79. The summed E-state index contributed by atoms with van der Waals surface area (Å²) in [6.45, 7) is 5.69. The highest BCUT2D eigenvalue weighted by molar-refractivity contribution is 9.10. The van der Waals surface area contributed by atoms with E-state index >= 15 is 0 Å². The Kier molecular flexibility index (Phi) is 6.25. The lowest BCUT2D eigenvalue weighted by molar-refractivity contribution is -0.119. The van der Waals surface area contributed by atoms with Crippen LogP contribution in [0.15, 0.2) is 21.5 Å². The van der Waals surface area contributed by atoms with Gasteiger partial charge in [0.05, 0.1) is 16.2 Å². The minimum absolute atomic E-state index is 0. The number of hydrogen-bond donors (Lipinski definition) is 2. The van der Waals surface area contributed by atoms with Crippen LogP contribution in [0.4, 0.5) is 5.69 Å². The molecule has 1 atom stereocenters. The van der Waals surface area contributed by atoms with Gasteiger partial charge in [-0.2, -0.15) is 0 Å². The van der Waals surface area contributed by atoms with Crippen molar-refractivity contribution in [2.75, 3.05) is 5.32 Å². The Morgan fingerprint density at radius 2 is 2.00 bits per heavy atom. The van der Waals surface area contributed by atoms with Crippen molar-refractivity contribution in [3.05, 3.63) is 27.1 Å². The third-order valence-corrected chi connectivity index (χ3v) is 3.19. The van der Waals surface area contributed by atoms with Crippen molar-refractivity contribution in [2.45, 2.75) is 26.8 Å². The first-order valence-corrected chi connectivity index (χ1v) is 6.35. The van der Waals surface area contributed by atoms with Crippen LogP contribution in [-0.2, 0) is 11.8 Å². The van der Waals surface area contributed by atoms with E-state index < -0.39 is 6.04 Å². The monoisotopic (exact) mass is 351 g/mol. The maximum absolute atomic E-state index is 11.9. The van der Waals surface area contributed by atoms with E-state index in [4.69, 9.17) is 5.73 Å². The van der Waals surface area contributed by atoms with Gasteiger partial charge < -0.3 is 15.6 Å². The van der Waals surface area contributed by atoms with Crippen LogP contribution in [0.3, 0.4) is 0 Å². The summed E-state index contributed by atoms with van der Waals surface area (Å²) in [6.07, 6.45) is 1.56. The molecule has 0 aliphatic rings. The number of rotatable bonds is 2. The summed E-state index contributed by atoms with van der Waals surface area (Å²) in [7, 11) is 1.62. The fourth-order valence-corrected chi connectivity index (χ4v) is 1.88. The number of aryl methyl sites for hydroxylation is 1. The van der Waals surface area contributed by atoms with Gasteiger partial charge in [-0.3, -0.25) is 9.59 Å². The Balaban J connectivity index is 0.00000324. The number of carbonyl (C=O) groups is 1. The van der Waals surface area contributed by atoms with Crippen LogP contribution >= 0.6 is 28.3 Å². The highest BCUT2D eigenvalue weighted by Crippen LogP contribution is 2.19. The van der Waals surface area contributed by atoms with Crippen molar-refractivity contribution in [1.29, 1.82) is 0 Å². The van der Waals surface area contributed by atoms with E-state index in [1.54, 1.807) is 19.3 Å². The molecule has 0 aliphatic carbocycles. The van der Waals surface area contributed by atoms with Crippen molar-refractivity contribution in [3.63, 3.8) is 0 Å². The Labute approximate surface area is 127 Å². The normalized spacial score (nSPS) is 12.5. The van der Waals surface area contributed by atoms with Crippen LogP contribution in [0.5, 0.6) is 0 Å². The van der Waals surface area contributed by atoms with Crippen LogP contribution in [0.1, 0.15) is 20.8 Å². The topological polar surface area (TPSA) is 77.1 Å². The zero-order valence-corrected chi connectivity index (χ0v) is 13.8. The predicted molar refractivity (Wildman–Crippen MR) is 82.7 cm³/mol. The summed E-state index contributed by atoms with van der Waals surface area (Å²) in [5.74, 6) is -0.270. The molecule has 0 bridgehead atoms. The molecule has 7 heteroatoms. The molecule has 0 saturated carbocycles. The van der Waals surface area contributed by atoms with Gasteiger partial charge in [0.1, 0.15) is 0 Å². The molecule has 0 spiro atoms. The Morgan fingerprint density at radius 1 is 1.47 bits per heavy atom. The highest BCUT2D eigenvalue weighted by atomic mass is 79.9. The second kappa shape index (κ2) is 6.54. The lowest BCUT2D eigenvalue weighted by atomic mass is 9.87. The number of amides is 1. The number of hydrogen-bond acceptors (Lipinski definition) is 3. The second-order valence-electron chi connectivity index (χ2n) is 5.33. The summed E-state index contributed by atoms with van der Waals surface area (Å²) >= 11 is 3.15. The third kappa shape index (κ3) is 4.63. The third-order valence-electron chi connectivity index (χ3n) is 2.62. The summed E-state index contributed by atoms with van der Waals surface area (Å²) in [6, 6.07) is 0.948. The first-order chi connectivity index (χ1) is 8.12. The molecule has 1 aromatic heterocycles. The molecular formula is C12H19BrClN3O2. The SMILES string of the molecule is Cl.Cn1cc(NC(=O)[C@@H](N)C(C)(C)C)cc(Br)c1=O. The minimum atomic E-state index is -0.617. The molecule has 5 nitrogen and oxygen atoms in total. The molecule has 1 rings (SSSR count). The maximum Gasteiger partial charge on any atom is 0.264 e. The molecule has 108 valence electrons. The molecule has 1 amide bonds. The lowest BCUT2D eigenvalue weighted by Gasteiger charge is -2.25. The van der Waals surface area contributed by atoms with E-state index in [-0.39, 0.29) is 29.3 Å². The summed E-state index contributed by atoms with van der Waals surface area (Å²) in [4.78, 5) is 23.4. The van der Waals surface area contributed by atoms with Crippen molar-refractivity contribution >= 4 is 39.9 Å². The number of aromatic nitrogens is 1. The van der Waals surface area contributed by atoms with Crippen molar-refractivity contribution in [1.82, 2.24) is 4.57 Å². The molecule has 19 heavy (non-hydrogen) atoms. The summed E-state index contributed by atoms with van der Waals surface area (Å²) in [5.41, 5.74) is 5.91. The highest BCUT2D eigenvalue weighted by Gasteiger charge is 2.27. The van der Waals surface area contributed by atoms with E-state index in [0.717, 1.165) is 0 Å². The van der Waals surface area contributed by atoms with Gasteiger partial charge in [-0.25, -0.2) is 0 Å². The van der Waals surface area contributed by atoms with E-state index in [2.05, 4.69) is 21.2 Å². The lowest BCUT2D eigenvalue weighted by Crippen LogP contribution is -2.45. The number of nitrogens with one attached hydrogen (secondary N) is 1. The van der Waals surface area contributed by atoms with Crippen molar-refractivity contribution in [3.8, 4) is 0 Å². The Morgan fingerprint density at radius 3 is 2.42 bits per heavy atom. The van der Waals surface area contributed by atoms with Gasteiger partial charge >= 0.3 is 0 Å². The van der Waals surface area contributed by atoms with E-state index in [9.17, 15) is 9.59 Å². The molecule has 0 aromatic carbocycles. The average Bonchev–Trinajstić information content (AvgIpc) is 2.23. The zero-order valence-electron chi connectivity index (χ0n) is 11.4. The molecular weight excluding hydrogens is 334 g/mol. The molecule has 1 aromatic rings. The quantitative estimate of drug-likeness (QED) is 0.853. The molecule has 0 unspecified atom stereocenters. The average molecular weight is 353 g/mol. The largest absolute Gasteiger partial charge is 0.323 e. The first kappa shape index (κ1) is 18.1. The number of carbonyl (C=O) groups excluding carboxylic acids is 1. The van der Waals surface area contributed by atoms with E-state index in [0.29, 0.717) is 10.2 Å². The fourth-order valence-electron chi connectivity index (χ4n) is 1.35. The van der Waals surface area contributed by atoms with E-state index in [1.807, 2.05) is 20.8 Å². The molecule has 0 aliphatic heterocycles. The number of nitrogens with zero attached hydrogens (tertiary/aromatic N) is 1. The van der Waals surface area contributed by atoms with E-state index in [1.165, 1.54) is 4.57 Å². The van der Waals surface area contributed by atoms with Gasteiger partial charge in [-0.05, 0) is 27.4 Å². The van der Waals surface area contributed by atoms with Crippen LogP contribution < -0.4 is 16.6 Å². The number of anilines is 1. The first-order valence-electron chi connectivity index (χ1n) is 5.55. The summed E-state index contributed by atoms with van der Waals surface area (Å²) in [5, 5.41) is 2.70. The predicted octanol–water partition coefficient (Wildman–Crippen LogP) is 1.88. The number of halogens is 2. The van der Waals surface area contributed by atoms with Gasteiger partial charge in [-0.1, -0.05) is 20.8 Å². The molecule has 0 fully saturated rings. The van der Waals surface area contributed by atoms with Gasteiger partial charge in [0, 0.05) is 13.2 Å². The molecule has 0 radical (unpaired) electrons. The van der Waals surface area contributed by atoms with Gasteiger partial charge in [0.2, 0.25) is 5.91 Å². The van der Waals surface area contributed by atoms with Crippen molar-refractivity contribution in [2.24, 2.45) is 18.2 Å². The minimum Gasteiger partial charge on any atom is -0.323 e. The molecule has 1 heterocycles.